The quantitative estimate of drug-likeness (QED) is 0.791. The van der Waals surface area contributed by atoms with Crippen LogP contribution in [0.25, 0.3) is 10.8 Å². The van der Waals surface area contributed by atoms with Crippen LogP contribution in [0.4, 0.5) is 5.69 Å². The molecule has 8 heteroatoms. The molecule has 3 aromatic rings. The first kappa shape index (κ1) is 14.7. The molecule has 1 N–H and O–H groups in total. The Morgan fingerprint density at radius 3 is 3.00 bits per heavy atom. The molecular weight excluding hydrogens is 316 g/mol. The van der Waals surface area contributed by atoms with Crippen LogP contribution in [0.5, 0.6) is 0 Å². The lowest BCUT2D eigenvalue weighted by atomic mass is 10.2. The minimum atomic E-state index is -0.700. The third-order valence-corrected chi connectivity index (χ3v) is 3.76. The highest BCUT2D eigenvalue weighted by Crippen LogP contribution is 2.21. The summed E-state index contributed by atoms with van der Waals surface area (Å²) in [6.45, 7) is -0.273. The Labute approximate surface area is 134 Å². The van der Waals surface area contributed by atoms with Gasteiger partial charge in [-0.2, -0.15) is 9.94 Å². The molecule has 114 valence electrons. The first-order chi connectivity index (χ1) is 11.2. The maximum atomic E-state index is 12.0. The number of nitrogens with one attached hydrogen (secondary N) is 1. The third kappa shape index (κ3) is 3.36. The molecule has 7 nitrogen and oxygen atoms in total. The summed E-state index contributed by atoms with van der Waals surface area (Å²) in [6, 6.07) is 12.1. The Bertz CT molecular complexity index is 934. The molecule has 0 saturated heterocycles. The van der Waals surface area contributed by atoms with Crippen molar-refractivity contribution in [3.63, 3.8) is 0 Å². The van der Waals surface area contributed by atoms with Gasteiger partial charge in [0.2, 0.25) is 5.91 Å². The lowest BCUT2D eigenvalue weighted by Crippen LogP contribution is -2.25. The van der Waals surface area contributed by atoms with Gasteiger partial charge in [-0.25, -0.2) is 4.79 Å². The van der Waals surface area contributed by atoms with Crippen molar-refractivity contribution < 1.29 is 9.21 Å². The van der Waals surface area contributed by atoms with E-state index in [4.69, 9.17) is 9.68 Å². The van der Waals surface area contributed by atoms with Crippen molar-refractivity contribution in [2.24, 2.45) is 0 Å². The van der Waals surface area contributed by atoms with Crippen molar-refractivity contribution >= 4 is 22.9 Å². The molecule has 0 radical (unpaired) electrons. The Balaban J connectivity index is 1.73. The van der Waals surface area contributed by atoms with Crippen molar-refractivity contribution in [3.05, 3.63) is 57.9 Å². The largest absolute Gasteiger partial charge is 0.437 e. The van der Waals surface area contributed by atoms with E-state index in [1.54, 1.807) is 30.3 Å². The summed E-state index contributed by atoms with van der Waals surface area (Å²) in [7, 11) is 0. The molecule has 0 aliphatic carbocycles. The van der Waals surface area contributed by atoms with Crippen LogP contribution < -0.4 is 11.1 Å². The summed E-state index contributed by atoms with van der Waals surface area (Å²) in [5.41, 5.74) is 0.908. The summed E-state index contributed by atoms with van der Waals surface area (Å²) in [4.78, 5) is 24.4. The van der Waals surface area contributed by atoms with Crippen molar-refractivity contribution in [1.29, 1.82) is 5.26 Å². The van der Waals surface area contributed by atoms with Crippen LogP contribution in [0.3, 0.4) is 0 Å². The maximum absolute atomic E-state index is 12.0. The van der Waals surface area contributed by atoms with Crippen LogP contribution in [0.2, 0.25) is 0 Å². The molecule has 0 fully saturated rings. The van der Waals surface area contributed by atoms with Crippen LogP contribution >= 0.6 is 11.3 Å². The number of amides is 1. The molecule has 23 heavy (non-hydrogen) atoms. The van der Waals surface area contributed by atoms with E-state index in [2.05, 4.69) is 10.4 Å². The number of benzene rings is 1. The fourth-order valence-corrected chi connectivity index (χ4v) is 2.55. The summed E-state index contributed by atoms with van der Waals surface area (Å²) in [5.74, 6) is -0.952. The van der Waals surface area contributed by atoms with Crippen molar-refractivity contribution in [2.45, 2.75) is 6.54 Å². The Kier molecular flexibility index (Phi) is 4.03. The number of carbonyl (C=O) groups is 1. The van der Waals surface area contributed by atoms with E-state index in [0.29, 0.717) is 16.1 Å². The third-order valence-electron chi connectivity index (χ3n) is 2.91. The molecule has 3 rings (SSSR count). The first-order valence-electron chi connectivity index (χ1n) is 6.57. The van der Waals surface area contributed by atoms with E-state index in [1.165, 1.54) is 11.3 Å². The van der Waals surface area contributed by atoms with Gasteiger partial charge in [0.25, 0.3) is 5.89 Å². The fourth-order valence-electron chi connectivity index (χ4n) is 1.91. The fraction of sp³-hybridized carbons (Fsp3) is 0.0667. The Morgan fingerprint density at radius 2 is 2.26 bits per heavy atom. The minimum Gasteiger partial charge on any atom is -0.387 e. The molecule has 0 aliphatic heterocycles. The summed E-state index contributed by atoms with van der Waals surface area (Å²) >= 11 is 1.38. The number of nitriles is 1. The van der Waals surface area contributed by atoms with E-state index in [0.717, 1.165) is 4.68 Å². The minimum absolute atomic E-state index is 0.185. The number of hydrogen-bond donors (Lipinski definition) is 1. The molecule has 0 unspecified atom stereocenters. The highest BCUT2D eigenvalue weighted by atomic mass is 32.1. The topological polar surface area (TPSA) is 101 Å². The lowest BCUT2D eigenvalue weighted by Gasteiger charge is -2.04. The number of thiophene rings is 1. The van der Waals surface area contributed by atoms with E-state index in [1.807, 2.05) is 17.5 Å². The average molecular weight is 326 g/mol. The highest BCUT2D eigenvalue weighted by Gasteiger charge is 2.14. The number of hydrogen-bond acceptors (Lipinski definition) is 6. The second kappa shape index (κ2) is 6.29. The summed E-state index contributed by atoms with van der Waals surface area (Å²) < 4.78 is 5.99. The summed E-state index contributed by atoms with van der Waals surface area (Å²) in [5, 5.41) is 17.3. The molecule has 0 aliphatic rings. The number of rotatable bonds is 4. The van der Waals surface area contributed by atoms with Gasteiger partial charge in [0, 0.05) is 5.69 Å². The number of anilines is 1. The van der Waals surface area contributed by atoms with Gasteiger partial charge in [0.15, 0.2) is 0 Å². The average Bonchev–Trinajstić information content (AvgIpc) is 3.18. The number of carbonyl (C=O) groups excluding carboxylic acids is 1. The molecule has 2 aromatic heterocycles. The van der Waals surface area contributed by atoms with Crippen molar-refractivity contribution in [2.75, 3.05) is 5.32 Å². The molecule has 0 spiro atoms. The normalized spacial score (nSPS) is 10.2. The highest BCUT2D eigenvalue weighted by molar-refractivity contribution is 7.13. The van der Waals surface area contributed by atoms with Crippen molar-refractivity contribution in [3.8, 4) is 16.8 Å². The zero-order chi connectivity index (χ0) is 16.2. The number of nitrogens with zero attached hydrogens (tertiary/aromatic N) is 3. The zero-order valence-electron chi connectivity index (χ0n) is 11.7. The van der Waals surface area contributed by atoms with Gasteiger partial charge in [-0.05, 0) is 29.6 Å². The van der Waals surface area contributed by atoms with Gasteiger partial charge in [-0.1, -0.05) is 12.1 Å². The maximum Gasteiger partial charge on any atom is 0.437 e. The molecule has 2 heterocycles. The van der Waals surface area contributed by atoms with E-state index >= 15 is 0 Å². The van der Waals surface area contributed by atoms with Crippen LogP contribution in [-0.2, 0) is 11.3 Å². The van der Waals surface area contributed by atoms with Gasteiger partial charge in [0.05, 0.1) is 16.5 Å². The predicted octanol–water partition coefficient (Wildman–Crippen LogP) is 2.08. The van der Waals surface area contributed by atoms with Crippen LogP contribution in [0, 0.1) is 11.3 Å². The number of aromatic nitrogens is 2. The Hall–Kier alpha value is -3.18. The van der Waals surface area contributed by atoms with E-state index in [9.17, 15) is 9.59 Å². The standard InChI is InChI=1S/C15H10N4O3S/c16-8-10-3-1-4-11(7-10)17-13(20)9-19-15(21)22-14(18-19)12-5-2-6-23-12/h1-7H,9H2,(H,17,20). The first-order valence-corrected chi connectivity index (χ1v) is 7.45. The smallest absolute Gasteiger partial charge is 0.387 e. The second-order valence-corrected chi connectivity index (χ2v) is 5.50. The van der Waals surface area contributed by atoms with Gasteiger partial charge in [-0.15, -0.1) is 16.4 Å². The SMILES string of the molecule is N#Cc1cccc(NC(=O)Cn2nc(-c3cccs3)oc2=O)c1. The van der Waals surface area contributed by atoms with Crippen LogP contribution in [-0.4, -0.2) is 15.7 Å². The van der Waals surface area contributed by atoms with Gasteiger partial charge >= 0.3 is 5.76 Å². The zero-order valence-corrected chi connectivity index (χ0v) is 12.5. The summed E-state index contributed by atoms with van der Waals surface area (Å²) in [6.07, 6.45) is 0. The molecule has 0 saturated carbocycles. The van der Waals surface area contributed by atoms with Gasteiger partial charge < -0.3 is 9.73 Å². The van der Waals surface area contributed by atoms with E-state index in [-0.39, 0.29) is 12.4 Å². The van der Waals surface area contributed by atoms with E-state index < -0.39 is 11.7 Å². The Morgan fingerprint density at radius 1 is 1.39 bits per heavy atom. The predicted molar refractivity (Wildman–Crippen MR) is 83.9 cm³/mol. The molecule has 0 atom stereocenters. The molecule has 1 aromatic carbocycles. The monoisotopic (exact) mass is 326 g/mol. The molecular formula is C15H10N4O3S. The molecule has 1 amide bonds. The van der Waals surface area contributed by atoms with Gasteiger partial charge in [-0.3, -0.25) is 4.79 Å². The van der Waals surface area contributed by atoms with Gasteiger partial charge in [0.1, 0.15) is 6.54 Å². The van der Waals surface area contributed by atoms with Crippen LogP contribution in [0.1, 0.15) is 5.56 Å². The van der Waals surface area contributed by atoms with Crippen LogP contribution in [0.15, 0.2) is 51.0 Å². The molecule has 0 bridgehead atoms. The second-order valence-electron chi connectivity index (χ2n) is 4.55. The van der Waals surface area contributed by atoms with Crippen molar-refractivity contribution in [1.82, 2.24) is 9.78 Å². The lowest BCUT2D eigenvalue weighted by molar-refractivity contribution is -0.117.